The number of halogens is 3. The van der Waals surface area contributed by atoms with Crippen molar-refractivity contribution in [1.82, 2.24) is 5.32 Å². The highest BCUT2D eigenvalue weighted by atomic mass is 19.4. The maximum Gasteiger partial charge on any atom is 0.416 e. The van der Waals surface area contributed by atoms with Crippen LogP contribution in [0.3, 0.4) is 0 Å². The number of hydrogen-bond acceptors (Lipinski definition) is 4. The molecule has 2 unspecified atom stereocenters. The van der Waals surface area contributed by atoms with Crippen LogP contribution in [0.1, 0.15) is 48.3 Å². The lowest BCUT2D eigenvalue weighted by Crippen LogP contribution is -2.89. The van der Waals surface area contributed by atoms with E-state index in [-0.39, 0.29) is 18.0 Å². The Morgan fingerprint density at radius 1 is 0.914 bits per heavy atom. The van der Waals surface area contributed by atoms with Crippen molar-refractivity contribution in [1.29, 1.82) is 0 Å². The molecule has 0 aromatic heterocycles. The largest absolute Gasteiger partial charge is 0.504 e. The summed E-state index contributed by atoms with van der Waals surface area (Å²) in [5.41, 5.74) is 2.33. The molecule has 5 nitrogen and oxygen atoms in total. The van der Waals surface area contributed by atoms with Crippen molar-refractivity contribution in [2.75, 3.05) is 13.2 Å². The Kier molecular flexibility index (Phi) is 7.21. The Labute approximate surface area is 202 Å². The van der Waals surface area contributed by atoms with Crippen molar-refractivity contribution in [3.05, 3.63) is 95.1 Å². The summed E-state index contributed by atoms with van der Waals surface area (Å²) in [6.07, 6.45) is -2.80. The Balaban J connectivity index is 1.72. The van der Waals surface area contributed by atoms with Gasteiger partial charge in [-0.25, -0.2) is 0 Å². The van der Waals surface area contributed by atoms with E-state index >= 15 is 0 Å². The number of aromatic hydroxyl groups is 1. The molecular formula is C27H28F3N2O3+. The van der Waals surface area contributed by atoms with E-state index in [9.17, 15) is 18.3 Å². The molecule has 3 aromatic rings. The first-order valence-corrected chi connectivity index (χ1v) is 11.5. The van der Waals surface area contributed by atoms with Gasteiger partial charge in [-0.1, -0.05) is 18.2 Å². The molecule has 4 N–H and O–H groups in total. The van der Waals surface area contributed by atoms with Gasteiger partial charge in [0.2, 0.25) is 0 Å². The first kappa shape index (κ1) is 24.5. The molecule has 0 radical (unpaired) electrons. The molecule has 1 aliphatic heterocycles. The highest BCUT2D eigenvalue weighted by Crippen LogP contribution is 2.36. The Morgan fingerprint density at radius 2 is 1.60 bits per heavy atom. The van der Waals surface area contributed by atoms with Gasteiger partial charge in [0, 0.05) is 17.3 Å². The molecule has 0 spiro atoms. The van der Waals surface area contributed by atoms with Crippen LogP contribution < -0.4 is 20.1 Å². The van der Waals surface area contributed by atoms with Crippen molar-refractivity contribution in [2.24, 2.45) is 0 Å². The van der Waals surface area contributed by atoms with Gasteiger partial charge >= 0.3 is 6.18 Å². The molecule has 35 heavy (non-hydrogen) atoms. The lowest BCUT2D eigenvalue weighted by atomic mass is 9.97. The number of rotatable bonds is 7. The van der Waals surface area contributed by atoms with Crippen molar-refractivity contribution in [3.8, 4) is 17.2 Å². The van der Waals surface area contributed by atoms with Gasteiger partial charge in [0.15, 0.2) is 17.7 Å². The average molecular weight is 486 g/mol. The smallest absolute Gasteiger partial charge is 0.416 e. The Hall–Kier alpha value is -3.65. The van der Waals surface area contributed by atoms with Gasteiger partial charge < -0.3 is 25.2 Å². The topological polar surface area (TPSA) is 67.3 Å². The summed E-state index contributed by atoms with van der Waals surface area (Å²) >= 11 is 0. The van der Waals surface area contributed by atoms with Crippen molar-refractivity contribution < 1.29 is 33.1 Å². The number of nitrogens with one attached hydrogen (secondary N) is 1. The number of para-hydroxylation sites is 1. The molecule has 0 bridgehead atoms. The maximum absolute atomic E-state index is 13.1. The van der Waals surface area contributed by atoms with Crippen LogP contribution in [0.2, 0.25) is 0 Å². The molecule has 4 rings (SSSR count). The van der Waals surface area contributed by atoms with Crippen LogP contribution in [-0.2, 0) is 6.18 Å². The van der Waals surface area contributed by atoms with Crippen LogP contribution in [0.4, 0.5) is 13.2 Å². The standard InChI is InChI=1S/C27H27F3N2O3/c1-3-34-20-14-10-17(11-15-20)22-16-23(21-6-5-7-24(25(21)33)35-4-2)32-26(31-22)18-8-12-19(13-9-18)27(28,29)30/h5-16,23,26,31-33H,3-4H2,1-2H3/p+1. The third-order valence-electron chi connectivity index (χ3n) is 5.82. The summed E-state index contributed by atoms with van der Waals surface area (Å²) in [6, 6.07) is 17.7. The van der Waals surface area contributed by atoms with Crippen molar-refractivity contribution >= 4 is 5.70 Å². The first-order chi connectivity index (χ1) is 16.8. The molecule has 0 fully saturated rings. The number of alkyl halides is 3. The predicted molar refractivity (Wildman–Crippen MR) is 127 cm³/mol. The van der Waals surface area contributed by atoms with E-state index < -0.39 is 11.7 Å². The van der Waals surface area contributed by atoms with E-state index in [1.165, 1.54) is 12.1 Å². The van der Waals surface area contributed by atoms with Gasteiger partial charge in [-0.3, -0.25) is 0 Å². The van der Waals surface area contributed by atoms with Gasteiger partial charge in [-0.2, -0.15) is 13.2 Å². The van der Waals surface area contributed by atoms with Gasteiger partial charge in [0.1, 0.15) is 11.8 Å². The van der Waals surface area contributed by atoms with Crippen LogP contribution in [0.25, 0.3) is 5.70 Å². The molecule has 0 saturated carbocycles. The minimum atomic E-state index is -4.40. The quantitative estimate of drug-likeness (QED) is 0.433. The fraction of sp³-hybridized carbons (Fsp3) is 0.259. The third kappa shape index (κ3) is 5.54. The van der Waals surface area contributed by atoms with E-state index in [2.05, 4.69) is 5.32 Å². The van der Waals surface area contributed by atoms with E-state index in [1.807, 2.05) is 61.6 Å². The van der Waals surface area contributed by atoms with Gasteiger partial charge in [-0.15, -0.1) is 0 Å². The fourth-order valence-corrected chi connectivity index (χ4v) is 4.13. The normalized spacial score (nSPS) is 17.9. The summed E-state index contributed by atoms with van der Waals surface area (Å²) in [5.74, 6) is 1.18. The van der Waals surface area contributed by atoms with Crippen LogP contribution in [-0.4, -0.2) is 18.3 Å². The molecule has 0 amide bonds. The average Bonchev–Trinajstić information content (AvgIpc) is 2.85. The molecule has 3 aromatic carbocycles. The van der Waals surface area contributed by atoms with E-state index in [1.54, 1.807) is 6.07 Å². The highest BCUT2D eigenvalue weighted by Gasteiger charge is 2.33. The molecule has 8 heteroatoms. The molecule has 2 atom stereocenters. The second-order valence-corrected chi connectivity index (χ2v) is 8.12. The first-order valence-electron chi connectivity index (χ1n) is 11.5. The lowest BCUT2D eigenvalue weighted by Gasteiger charge is -2.30. The number of phenols is 1. The highest BCUT2D eigenvalue weighted by molar-refractivity contribution is 5.66. The van der Waals surface area contributed by atoms with Gasteiger partial charge in [0.05, 0.1) is 24.3 Å². The summed E-state index contributed by atoms with van der Waals surface area (Å²) in [5, 5.41) is 16.3. The zero-order valence-corrected chi connectivity index (χ0v) is 19.5. The van der Waals surface area contributed by atoms with Crippen LogP contribution in [0, 0.1) is 0 Å². The summed E-state index contributed by atoms with van der Waals surface area (Å²) in [6.45, 7) is 4.72. The molecule has 184 valence electrons. The molecule has 1 aliphatic rings. The van der Waals surface area contributed by atoms with Crippen molar-refractivity contribution in [3.63, 3.8) is 0 Å². The number of ether oxygens (including phenoxy) is 2. The fourth-order valence-electron chi connectivity index (χ4n) is 4.13. The number of nitrogens with two attached hydrogens (primary N) is 1. The van der Waals surface area contributed by atoms with E-state index in [0.717, 1.165) is 29.1 Å². The molecule has 0 aliphatic carbocycles. The number of quaternary nitrogens is 1. The minimum Gasteiger partial charge on any atom is -0.504 e. The lowest BCUT2D eigenvalue weighted by molar-refractivity contribution is -0.731. The van der Waals surface area contributed by atoms with E-state index in [0.29, 0.717) is 30.1 Å². The van der Waals surface area contributed by atoms with Crippen LogP contribution in [0.15, 0.2) is 72.8 Å². The third-order valence-corrected chi connectivity index (χ3v) is 5.82. The second-order valence-electron chi connectivity index (χ2n) is 8.12. The number of hydrogen-bond donors (Lipinski definition) is 3. The Morgan fingerprint density at radius 3 is 2.23 bits per heavy atom. The SMILES string of the molecule is CCOc1ccc(C2=CC(c3cccc(OCC)c3O)[NH2+]C(c3ccc(C(F)(F)F)cc3)N2)cc1. The summed E-state index contributed by atoms with van der Waals surface area (Å²) in [7, 11) is 0. The predicted octanol–water partition coefficient (Wildman–Crippen LogP) is 5.16. The van der Waals surface area contributed by atoms with Crippen molar-refractivity contribution in [2.45, 2.75) is 32.2 Å². The molecule has 0 saturated heterocycles. The zero-order valence-electron chi connectivity index (χ0n) is 19.5. The maximum atomic E-state index is 13.1. The summed E-state index contributed by atoms with van der Waals surface area (Å²) < 4.78 is 50.3. The van der Waals surface area contributed by atoms with Crippen LogP contribution >= 0.6 is 0 Å². The van der Waals surface area contributed by atoms with E-state index in [4.69, 9.17) is 9.47 Å². The second kappa shape index (κ2) is 10.3. The molecular weight excluding hydrogens is 457 g/mol. The number of phenolic OH excluding ortho intramolecular Hbond substituents is 1. The van der Waals surface area contributed by atoms with Gasteiger partial charge in [0.25, 0.3) is 0 Å². The Bertz CT molecular complexity index is 1180. The minimum absolute atomic E-state index is 0.0472. The monoisotopic (exact) mass is 485 g/mol. The zero-order chi connectivity index (χ0) is 25.0. The molecule has 1 heterocycles. The van der Waals surface area contributed by atoms with Crippen LogP contribution in [0.5, 0.6) is 17.2 Å². The van der Waals surface area contributed by atoms with Gasteiger partial charge in [-0.05, 0) is 67.9 Å². The summed E-state index contributed by atoms with van der Waals surface area (Å²) in [4.78, 5) is 0. The number of benzene rings is 3.